The number of hydrogen-bond donors (Lipinski definition) is 1. The van der Waals surface area contributed by atoms with Crippen LogP contribution in [0, 0.1) is 5.92 Å². The molecule has 1 aliphatic rings. The van der Waals surface area contributed by atoms with Gasteiger partial charge < -0.3 is 5.32 Å². The number of rotatable bonds is 5. The maximum absolute atomic E-state index is 5.97. The highest BCUT2D eigenvalue weighted by Gasteiger charge is 2.25. The van der Waals surface area contributed by atoms with E-state index in [1.807, 2.05) is 11.3 Å². The van der Waals surface area contributed by atoms with Gasteiger partial charge in [0, 0.05) is 28.2 Å². The maximum Gasteiger partial charge on any atom is 0.0302 e. The van der Waals surface area contributed by atoms with Crippen LogP contribution in [0.5, 0.6) is 0 Å². The van der Waals surface area contributed by atoms with E-state index in [9.17, 15) is 0 Å². The predicted molar refractivity (Wildman–Crippen MR) is 72.4 cm³/mol. The molecular weight excluding hydrogens is 238 g/mol. The summed E-state index contributed by atoms with van der Waals surface area (Å²) in [5.41, 5.74) is 0. The van der Waals surface area contributed by atoms with E-state index in [1.54, 1.807) is 0 Å². The van der Waals surface area contributed by atoms with Crippen molar-refractivity contribution in [3.8, 4) is 0 Å². The highest BCUT2D eigenvalue weighted by molar-refractivity contribution is 7.11. The predicted octanol–water partition coefficient (Wildman–Crippen LogP) is 3.81. The van der Waals surface area contributed by atoms with Crippen LogP contribution in [0.2, 0.25) is 0 Å². The molecule has 0 saturated heterocycles. The summed E-state index contributed by atoms with van der Waals surface area (Å²) in [4.78, 5) is 2.94. The molecule has 1 N–H and O–H groups in total. The molecule has 1 aliphatic carbocycles. The number of alkyl halides is 1. The van der Waals surface area contributed by atoms with Crippen molar-refractivity contribution >= 4 is 22.9 Å². The molecular formula is C13H20ClNS. The molecule has 2 atom stereocenters. The van der Waals surface area contributed by atoms with Crippen molar-refractivity contribution in [2.24, 2.45) is 5.92 Å². The minimum Gasteiger partial charge on any atom is -0.309 e. The van der Waals surface area contributed by atoms with E-state index in [1.165, 1.54) is 29.0 Å². The summed E-state index contributed by atoms with van der Waals surface area (Å²) in [6, 6.07) is 5.14. The molecule has 2 rings (SSSR count). The Hall–Kier alpha value is -0.0500. The van der Waals surface area contributed by atoms with Crippen LogP contribution in [0.4, 0.5) is 0 Å². The quantitative estimate of drug-likeness (QED) is 0.791. The van der Waals surface area contributed by atoms with Gasteiger partial charge in [-0.2, -0.15) is 0 Å². The molecule has 0 amide bonds. The monoisotopic (exact) mass is 257 g/mol. The normalized spacial score (nSPS) is 25.1. The first-order chi connectivity index (χ1) is 7.83. The van der Waals surface area contributed by atoms with Crippen molar-refractivity contribution in [1.82, 2.24) is 5.32 Å². The van der Waals surface area contributed by atoms with Crippen molar-refractivity contribution in [1.29, 1.82) is 0 Å². The fraction of sp³-hybridized carbons (Fsp3) is 0.692. The van der Waals surface area contributed by atoms with E-state index in [-0.39, 0.29) is 0 Å². The van der Waals surface area contributed by atoms with Gasteiger partial charge in [0.1, 0.15) is 0 Å². The molecule has 1 nitrogen and oxygen atoms in total. The average molecular weight is 258 g/mol. The van der Waals surface area contributed by atoms with E-state index in [2.05, 4.69) is 24.4 Å². The Bertz CT molecular complexity index is 323. The number of hydrogen-bond acceptors (Lipinski definition) is 2. The number of nitrogens with one attached hydrogen (secondary N) is 1. The molecule has 0 spiro atoms. The van der Waals surface area contributed by atoms with Crippen LogP contribution in [0.25, 0.3) is 0 Å². The summed E-state index contributed by atoms with van der Waals surface area (Å²) in [7, 11) is 0. The standard InChI is InChI=1S/C13H20ClNS/c1-2-11-6-7-12(16-11)9-15-13-5-3-4-10(13)8-14/h6-7,10,13,15H,2-5,8-9H2,1H3. The molecule has 16 heavy (non-hydrogen) atoms. The SMILES string of the molecule is CCc1ccc(CNC2CCCC2CCl)s1. The molecule has 0 radical (unpaired) electrons. The van der Waals surface area contributed by atoms with E-state index < -0.39 is 0 Å². The average Bonchev–Trinajstić information content (AvgIpc) is 2.94. The summed E-state index contributed by atoms with van der Waals surface area (Å²) < 4.78 is 0. The molecule has 1 aromatic heterocycles. The van der Waals surface area contributed by atoms with Crippen molar-refractivity contribution in [2.75, 3.05) is 5.88 Å². The fourth-order valence-corrected chi connectivity index (χ4v) is 3.71. The minimum absolute atomic E-state index is 0.643. The van der Waals surface area contributed by atoms with Gasteiger partial charge in [-0.3, -0.25) is 0 Å². The van der Waals surface area contributed by atoms with Gasteiger partial charge in [-0.1, -0.05) is 13.3 Å². The first-order valence-corrected chi connectivity index (χ1v) is 7.55. The van der Waals surface area contributed by atoms with Crippen molar-refractivity contribution < 1.29 is 0 Å². The highest BCUT2D eigenvalue weighted by Crippen LogP contribution is 2.27. The molecule has 0 aromatic carbocycles. The number of aryl methyl sites for hydroxylation is 1. The Kier molecular flexibility index (Phi) is 4.68. The highest BCUT2D eigenvalue weighted by atomic mass is 35.5. The zero-order valence-corrected chi connectivity index (χ0v) is 11.4. The molecule has 0 aliphatic heterocycles. The van der Waals surface area contributed by atoms with E-state index in [0.717, 1.165) is 18.8 Å². The first-order valence-electron chi connectivity index (χ1n) is 6.20. The third-order valence-corrected chi connectivity index (χ3v) is 5.09. The van der Waals surface area contributed by atoms with Crippen molar-refractivity contribution in [3.05, 3.63) is 21.9 Å². The van der Waals surface area contributed by atoms with Crippen LogP contribution in [0.3, 0.4) is 0 Å². The third kappa shape index (κ3) is 2.99. The Labute approximate surface area is 107 Å². The Balaban J connectivity index is 1.82. The number of thiophene rings is 1. The van der Waals surface area contributed by atoms with Gasteiger partial charge in [-0.15, -0.1) is 22.9 Å². The van der Waals surface area contributed by atoms with Gasteiger partial charge in [0.15, 0.2) is 0 Å². The second-order valence-corrected chi connectivity index (χ2v) is 6.12. The zero-order chi connectivity index (χ0) is 11.4. The lowest BCUT2D eigenvalue weighted by molar-refractivity contribution is 0.431. The molecule has 1 saturated carbocycles. The summed E-state index contributed by atoms with van der Waals surface area (Å²) in [5, 5.41) is 3.66. The largest absolute Gasteiger partial charge is 0.309 e. The zero-order valence-electron chi connectivity index (χ0n) is 9.84. The van der Waals surface area contributed by atoms with Crippen molar-refractivity contribution in [3.63, 3.8) is 0 Å². The number of halogens is 1. The lowest BCUT2D eigenvalue weighted by Gasteiger charge is -2.18. The fourth-order valence-electron chi connectivity index (χ4n) is 2.43. The summed E-state index contributed by atoms with van der Waals surface area (Å²) in [6.45, 7) is 3.23. The molecule has 1 heterocycles. The Morgan fingerprint density at radius 3 is 2.88 bits per heavy atom. The molecule has 0 bridgehead atoms. The van der Waals surface area contributed by atoms with Crippen molar-refractivity contribution in [2.45, 2.75) is 45.2 Å². The summed E-state index contributed by atoms with van der Waals surface area (Å²) >= 11 is 7.90. The molecule has 1 aromatic rings. The van der Waals surface area contributed by atoms with Crippen LogP contribution in [0.1, 0.15) is 35.9 Å². The lowest BCUT2D eigenvalue weighted by atomic mass is 10.1. The lowest BCUT2D eigenvalue weighted by Crippen LogP contribution is -2.32. The molecule has 2 unspecified atom stereocenters. The smallest absolute Gasteiger partial charge is 0.0302 e. The van der Waals surface area contributed by atoms with Gasteiger partial charge in [0.05, 0.1) is 0 Å². The molecule has 90 valence electrons. The minimum atomic E-state index is 0.643. The molecule has 3 heteroatoms. The Morgan fingerprint density at radius 1 is 1.38 bits per heavy atom. The van der Waals surface area contributed by atoms with Crippen LogP contribution >= 0.6 is 22.9 Å². The third-order valence-electron chi connectivity index (χ3n) is 3.46. The van der Waals surface area contributed by atoms with Crippen LogP contribution in [-0.2, 0) is 13.0 Å². The summed E-state index contributed by atoms with van der Waals surface area (Å²) in [6.07, 6.45) is 5.08. The van der Waals surface area contributed by atoms with Gasteiger partial charge in [0.25, 0.3) is 0 Å². The first kappa shape index (κ1) is 12.4. The van der Waals surface area contributed by atoms with E-state index in [0.29, 0.717) is 12.0 Å². The van der Waals surface area contributed by atoms with Crippen LogP contribution in [0.15, 0.2) is 12.1 Å². The second-order valence-electron chi connectivity index (χ2n) is 4.55. The Morgan fingerprint density at radius 2 is 2.19 bits per heavy atom. The van der Waals surface area contributed by atoms with Crippen LogP contribution < -0.4 is 5.32 Å². The topological polar surface area (TPSA) is 12.0 Å². The second kappa shape index (κ2) is 6.04. The summed E-state index contributed by atoms with van der Waals surface area (Å²) in [5.74, 6) is 1.50. The van der Waals surface area contributed by atoms with E-state index in [4.69, 9.17) is 11.6 Å². The van der Waals surface area contributed by atoms with Gasteiger partial charge in [-0.05, 0) is 37.3 Å². The van der Waals surface area contributed by atoms with Gasteiger partial charge in [-0.25, -0.2) is 0 Å². The molecule has 1 fully saturated rings. The van der Waals surface area contributed by atoms with Gasteiger partial charge in [0.2, 0.25) is 0 Å². The van der Waals surface area contributed by atoms with Gasteiger partial charge >= 0.3 is 0 Å². The van der Waals surface area contributed by atoms with Crippen LogP contribution in [-0.4, -0.2) is 11.9 Å². The maximum atomic E-state index is 5.97. The van der Waals surface area contributed by atoms with E-state index >= 15 is 0 Å².